The maximum atomic E-state index is 10.1. The fraction of sp³-hybridized carbons (Fsp3) is 0.400. The second-order valence-electron chi connectivity index (χ2n) is 1.28. The van der Waals surface area contributed by atoms with E-state index in [4.69, 9.17) is 5.11 Å². The molecule has 0 unspecified atom stereocenters. The number of ketones is 1. The smallest absolute Gasteiger partial charge is 0.183 e. The Labute approximate surface area is 42.5 Å². The minimum absolute atomic E-state index is 0.333. The van der Waals surface area contributed by atoms with Crippen molar-refractivity contribution in [2.75, 3.05) is 0 Å². The van der Waals surface area contributed by atoms with Gasteiger partial charge in [0, 0.05) is 0 Å². The van der Waals surface area contributed by atoms with Crippen molar-refractivity contribution in [3.05, 3.63) is 12.7 Å². The lowest BCUT2D eigenvalue weighted by Gasteiger charge is -1.92. The summed E-state index contributed by atoms with van der Waals surface area (Å²) in [6, 6.07) is 0. The van der Waals surface area contributed by atoms with Gasteiger partial charge in [-0.15, -0.1) is 0 Å². The molecule has 0 amide bonds. The second-order valence-corrected chi connectivity index (χ2v) is 1.28. The molecule has 0 aromatic carbocycles. The fourth-order valence-electron chi connectivity index (χ4n) is 0.171. The fourth-order valence-corrected chi connectivity index (χ4v) is 0.171. The van der Waals surface area contributed by atoms with E-state index < -0.39 is 6.10 Å². The zero-order chi connectivity index (χ0) is 5.86. The van der Waals surface area contributed by atoms with Crippen LogP contribution in [-0.2, 0) is 4.79 Å². The summed E-state index contributed by atoms with van der Waals surface area (Å²) in [4.78, 5) is 10.1. The summed E-state index contributed by atoms with van der Waals surface area (Å²) in [5.41, 5.74) is 0. The molecule has 2 nitrogen and oxygen atoms in total. The van der Waals surface area contributed by atoms with E-state index in [2.05, 4.69) is 6.58 Å². The Morgan fingerprint density at radius 3 is 2.43 bits per heavy atom. The van der Waals surface area contributed by atoms with Gasteiger partial charge in [0.15, 0.2) is 5.78 Å². The summed E-state index contributed by atoms with van der Waals surface area (Å²) in [6.07, 6.45) is 0.211. The van der Waals surface area contributed by atoms with Crippen LogP contribution in [0.15, 0.2) is 12.7 Å². The average molecular weight is 100 g/mol. The molecule has 0 aromatic heterocycles. The van der Waals surface area contributed by atoms with E-state index in [1.54, 1.807) is 0 Å². The van der Waals surface area contributed by atoms with Crippen molar-refractivity contribution in [2.24, 2.45) is 0 Å². The molecule has 0 saturated carbocycles. The zero-order valence-electron chi connectivity index (χ0n) is 4.22. The molecule has 0 spiro atoms. The second kappa shape index (κ2) is 2.53. The van der Waals surface area contributed by atoms with Crippen LogP contribution in [0.5, 0.6) is 0 Å². The Morgan fingerprint density at radius 1 is 2.00 bits per heavy atom. The molecule has 0 aromatic rings. The van der Waals surface area contributed by atoms with Crippen LogP contribution >= 0.6 is 0 Å². The highest BCUT2D eigenvalue weighted by molar-refractivity contribution is 5.92. The summed E-state index contributed by atoms with van der Waals surface area (Å²) in [6.45, 7) is 4.58. The SMILES string of the molecule is C=CC(=O)[C@@H](C)O. The van der Waals surface area contributed by atoms with E-state index in [9.17, 15) is 4.79 Å². The summed E-state index contributed by atoms with van der Waals surface area (Å²) in [7, 11) is 0. The molecule has 1 N–H and O–H groups in total. The number of carbonyl (C=O) groups is 1. The molecule has 40 valence electrons. The molecule has 2 heteroatoms. The number of aliphatic hydroxyl groups is 1. The largest absolute Gasteiger partial charge is 0.385 e. The highest BCUT2D eigenvalue weighted by Crippen LogP contribution is 1.81. The van der Waals surface area contributed by atoms with Gasteiger partial charge in [0.25, 0.3) is 0 Å². The number of rotatable bonds is 2. The molecule has 0 heterocycles. The lowest BCUT2D eigenvalue weighted by atomic mass is 10.3. The molecule has 0 rings (SSSR count). The molecule has 0 radical (unpaired) electrons. The van der Waals surface area contributed by atoms with Gasteiger partial charge in [-0.05, 0) is 13.0 Å². The maximum Gasteiger partial charge on any atom is 0.183 e. The third-order valence-corrected chi connectivity index (χ3v) is 0.613. The van der Waals surface area contributed by atoms with E-state index in [0.29, 0.717) is 0 Å². The Balaban J connectivity index is 3.56. The first-order chi connectivity index (χ1) is 3.18. The molecule has 0 fully saturated rings. The molecular weight excluding hydrogens is 92.1 g/mol. The predicted octanol–water partition coefficient (Wildman–Crippen LogP) is 0.122. The van der Waals surface area contributed by atoms with Crippen LogP contribution in [0.2, 0.25) is 0 Å². The normalized spacial score (nSPS) is 12.9. The van der Waals surface area contributed by atoms with Gasteiger partial charge in [0.1, 0.15) is 6.10 Å². The lowest BCUT2D eigenvalue weighted by molar-refractivity contribution is -0.121. The maximum absolute atomic E-state index is 10.1. The van der Waals surface area contributed by atoms with Gasteiger partial charge in [-0.25, -0.2) is 0 Å². The van der Waals surface area contributed by atoms with Crippen molar-refractivity contribution < 1.29 is 9.90 Å². The molecule has 0 aliphatic heterocycles. The monoisotopic (exact) mass is 100 g/mol. The predicted molar refractivity (Wildman–Crippen MR) is 26.9 cm³/mol. The van der Waals surface area contributed by atoms with Crippen molar-refractivity contribution in [3.63, 3.8) is 0 Å². The highest BCUT2D eigenvalue weighted by atomic mass is 16.3. The van der Waals surface area contributed by atoms with Crippen molar-refractivity contribution in [1.82, 2.24) is 0 Å². The Bertz CT molecular complexity index is 84.1. The summed E-state index contributed by atoms with van der Waals surface area (Å²) in [5.74, 6) is -0.333. The Hall–Kier alpha value is -0.630. The molecule has 7 heavy (non-hydrogen) atoms. The number of carbonyl (C=O) groups excluding carboxylic acids is 1. The van der Waals surface area contributed by atoms with Gasteiger partial charge in [-0.3, -0.25) is 4.79 Å². The average Bonchev–Trinajstić information content (AvgIpc) is 1.65. The third kappa shape index (κ3) is 2.11. The Morgan fingerprint density at radius 2 is 2.43 bits per heavy atom. The van der Waals surface area contributed by atoms with E-state index in [1.807, 2.05) is 0 Å². The van der Waals surface area contributed by atoms with Crippen LogP contribution in [-0.4, -0.2) is 17.0 Å². The molecule has 0 saturated heterocycles. The molecule has 0 bridgehead atoms. The lowest BCUT2D eigenvalue weighted by Crippen LogP contribution is -2.11. The van der Waals surface area contributed by atoms with E-state index in [1.165, 1.54) is 6.92 Å². The molecule has 1 atom stereocenters. The van der Waals surface area contributed by atoms with Gasteiger partial charge in [0.05, 0.1) is 0 Å². The number of hydrogen-bond donors (Lipinski definition) is 1. The van der Waals surface area contributed by atoms with Crippen molar-refractivity contribution in [3.8, 4) is 0 Å². The number of aliphatic hydroxyl groups excluding tert-OH is 1. The van der Waals surface area contributed by atoms with Gasteiger partial charge < -0.3 is 5.11 Å². The number of hydrogen-bond acceptors (Lipinski definition) is 2. The van der Waals surface area contributed by atoms with Crippen molar-refractivity contribution in [2.45, 2.75) is 13.0 Å². The minimum Gasteiger partial charge on any atom is -0.385 e. The van der Waals surface area contributed by atoms with E-state index in [0.717, 1.165) is 6.08 Å². The van der Waals surface area contributed by atoms with Crippen molar-refractivity contribution in [1.29, 1.82) is 0 Å². The van der Waals surface area contributed by atoms with Crippen molar-refractivity contribution >= 4 is 5.78 Å². The molecule has 0 aliphatic carbocycles. The first kappa shape index (κ1) is 6.37. The minimum atomic E-state index is -0.891. The van der Waals surface area contributed by atoms with Crippen LogP contribution < -0.4 is 0 Å². The van der Waals surface area contributed by atoms with Gasteiger partial charge in [-0.1, -0.05) is 6.58 Å². The third-order valence-electron chi connectivity index (χ3n) is 0.613. The topological polar surface area (TPSA) is 37.3 Å². The van der Waals surface area contributed by atoms with Gasteiger partial charge in [-0.2, -0.15) is 0 Å². The van der Waals surface area contributed by atoms with Crippen LogP contribution in [0.1, 0.15) is 6.92 Å². The van der Waals surface area contributed by atoms with E-state index >= 15 is 0 Å². The summed E-state index contributed by atoms with van der Waals surface area (Å²) in [5, 5.41) is 8.40. The zero-order valence-corrected chi connectivity index (χ0v) is 4.22. The standard InChI is InChI=1S/C5H8O2/c1-3-5(7)4(2)6/h3-4,6H,1H2,2H3/t4-/m1/s1. The highest BCUT2D eigenvalue weighted by Gasteiger charge is 2.00. The van der Waals surface area contributed by atoms with Crippen LogP contribution in [0.4, 0.5) is 0 Å². The first-order valence-corrected chi connectivity index (χ1v) is 2.03. The van der Waals surface area contributed by atoms with Crippen LogP contribution in [0, 0.1) is 0 Å². The summed E-state index contributed by atoms with van der Waals surface area (Å²) >= 11 is 0. The summed E-state index contributed by atoms with van der Waals surface area (Å²) < 4.78 is 0. The van der Waals surface area contributed by atoms with E-state index in [-0.39, 0.29) is 5.78 Å². The molecular formula is C5H8O2. The Kier molecular flexibility index (Phi) is 2.30. The van der Waals surface area contributed by atoms with Gasteiger partial charge >= 0.3 is 0 Å². The molecule has 0 aliphatic rings. The van der Waals surface area contributed by atoms with Gasteiger partial charge in [0.2, 0.25) is 0 Å². The van der Waals surface area contributed by atoms with Crippen LogP contribution in [0.3, 0.4) is 0 Å². The van der Waals surface area contributed by atoms with Crippen LogP contribution in [0.25, 0.3) is 0 Å². The first-order valence-electron chi connectivity index (χ1n) is 2.03. The quantitative estimate of drug-likeness (QED) is 0.500.